The van der Waals surface area contributed by atoms with Gasteiger partial charge in [0, 0.05) is 17.2 Å². The summed E-state index contributed by atoms with van der Waals surface area (Å²) in [5.74, 6) is -0.442. The van der Waals surface area contributed by atoms with Crippen molar-refractivity contribution in [3.05, 3.63) is 22.2 Å². The molecule has 0 amide bonds. The van der Waals surface area contributed by atoms with Crippen molar-refractivity contribution in [1.82, 2.24) is 0 Å². The first-order valence-electron chi connectivity index (χ1n) is 5.02. The second-order valence-corrected chi connectivity index (χ2v) is 4.07. The summed E-state index contributed by atoms with van der Waals surface area (Å²) in [5.41, 5.74) is 0.630. The van der Waals surface area contributed by atoms with Crippen LogP contribution < -0.4 is 9.47 Å². The molecular formula is C11H11ClO5. The van der Waals surface area contributed by atoms with Crippen molar-refractivity contribution in [2.24, 2.45) is 0 Å². The number of aliphatic hydroxyl groups is 1. The molecule has 1 aliphatic rings. The smallest absolute Gasteiger partial charge is 0.337 e. The van der Waals surface area contributed by atoms with Gasteiger partial charge in [-0.15, -0.1) is 0 Å². The van der Waals surface area contributed by atoms with Crippen molar-refractivity contribution in [3.8, 4) is 11.5 Å². The highest BCUT2D eigenvalue weighted by atomic mass is 35.5. The third kappa shape index (κ3) is 2.03. The Bertz CT molecular complexity index is 471. The van der Waals surface area contributed by atoms with Crippen LogP contribution in [-0.2, 0) is 4.79 Å². The van der Waals surface area contributed by atoms with Gasteiger partial charge in [-0.05, 0) is 6.92 Å². The van der Waals surface area contributed by atoms with Gasteiger partial charge in [0.25, 0.3) is 0 Å². The van der Waals surface area contributed by atoms with Crippen molar-refractivity contribution >= 4 is 17.6 Å². The maximum atomic E-state index is 10.8. The number of carbonyl (C=O) groups is 1. The summed E-state index contributed by atoms with van der Waals surface area (Å²) in [6, 6.07) is 1.46. The first-order valence-corrected chi connectivity index (χ1v) is 5.39. The van der Waals surface area contributed by atoms with E-state index in [9.17, 15) is 9.90 Å². The molecule has 1 aromatic rings. The maximum absolute atomic E-state index is 10.8. The van der Waals surface area contributed by atoms with Crippen LogP contribution in [0.3, 0.4) is 0 Å². The van der Waals surface area contributed by atoms with Gasteiger partial charge in [-0.2, -0.15) is 0 Å². The number of carboxylic acids is 1. The average Bonchev–Trinajstić information content (AvgIpc) is 2.28. The van der Waals surface area contributed by atoms with E-state index in [4.69, 9.17) is 26.2 Å². The van der Waals surface area contributed by atoms with Crippen molar-refractivity contribution in [2.75, 3.05) is 13.2 Å². The molecule has 0 radical (unpaired) electrons. The number of benzene rings is 1. The molecular weight excluding hydrogens is 248 g/mol. The van der Waals surface area contributed by atoms with E-state index in [0.29, 0.717) is 30.3 Å². The lowest BCUT2D eigenvalue weighted by Crippen LogP contribution is -2.19. The number of hydrogen-bond donors (Lipinski definition) is 2. The highest BCUT2D eigenvalue weighted by Gasteiger charge is 2.27. The van der Waals surface area contributed by atoms with E-state index in [2.05, 4.69) is 0 Å². The predicted molar refractivity (Wildman–Crippen MR) is 59.8 cm³/mol. The molecule has 0 aliphatic carbocycles. The normalized spacial score (nSPS) is 15.5. The Kier molecular flexibility index (Phi) is 3.13. The fourth-order valence-electron chi connectivity index (χ4n) is 1.79. The highest BCUT2D eigenvalue weighted by molar-refractivity contribution is 6.32. The largest absolute Gasteiger partial charge is 0.486 e. The monoisotopic (exact) mass is 258 g/mol. The second kappa shape index (κ2) is 4.43. The molecule has 0 spiro atoms. The van der Waals surface area contributed by atoms with Gasteiger partial charge < -0.3 is 19.7 Å². The minimum absolute atomic E-state index is 0.142. The summed E-state index contributed by atoms with van der Waals surface area (Å²) in [6.45, 7) is 2.45. The number of aliphatic carboxylic acids is 1. The van der Waals surface area contributed by atoms with E-state index >= 15 is 0 Å². The van der Waals surface area contributed by atoms with Crippen LogP contribution in [0.2, 0.25) is 5.02 Å². The first-order chi connectivity index (χ1) is 8.02. The molecule has 1 heterocycles. The molecule has 17 heavy (non-hydrogen) atoms. The summed E-state index contributed by atoms with van der Waals surface area (Å²) >= 11 is 5.95. The molecule has 0 saturated heterocycles. The van der Waals surface area contributed by atoms with Crippen LogP contribution in [0.15, 0.2) is 6.07 Å². The Labute approximate surface area is 103 Å². The number of halogens is 1. The van der Waals surface area contributed by atoms with Gasteiger partial charge in [0.15, 0.2) is 17.6 Å². The third-order valence-corrected chi connectivity index (χ3v) is 2.89. The molecule has 0 aromatic heterocycles. The molecule has 92 valence electrons. The van der Waals surface area contributed by atoms with E-state index in [-0.39, 0.29) is 10.6 Å². The molecule has 1 unspecified atom stereocenters. The standard InChI is InChI=1S/C11H11ClO5/c1-5-8(9(13)11(14)15)6(12)4-7-10(5)17-3-2-16-7/h4,9,13H,2-3H2,1H3,(H,14,15). The van der Waals surface area contributed by atoms with E-state index in [0.717, 1.165) is 0 Å². The number of aliphatic hydroxyl groups excluding tert-OH is 1. The lowest BCUT2D eigenvalue weighted by molar-refractivity contribution is -0.147. The fourth-order valence-corrected chi connectivity index (χ4v) is 2.13. The zero-order chi connectivity index (χ0) is 12.6. The SMILES string of the molecule is Cc1c2c(cc(Cl)c1C(O)C(=O)O)OCCO2. The van der Waals surface area contributed by atoms with E-state index in [1.54, 1.807) is 6.92 Å². The van der Waals surface area contributed by atoms with Gasteiger partial charge in [0.2, 0.25) is 0 Å². The van der Waals surface area contributed by atoms with Crippen LogP contribution in [0.5, 0.6) is 11.5 Å². The van der Waals surface area contributed by atoms with Gasteiger partial charge in [0.05, 0.1) is 5.02 Å². The minimum atomic E-state index is -1.67. The Morgan fingerprint density at radius 3 is 2.76 bits per heavy atom. The number of fused-ring (bicyclic) bond motifs is 1. The Morgan fingerprint density at radius 1 is 1.47 bits per heavy atom. The van der Waals surface area contributed by atoms with E-state index < -0.39 is 12.1 Å². The third-order valence-electron chi connectivity index (χ3n) is 2.58. The highest BCUT2D eigenvalue weighted by Crippen LogP contribution is 2.41. The molecule has 2 N–H and O–H groups in total. The van der Waals surface area contributed by atoms with Crippen LogP contribution in [0.1, 0.15) is 17.2 Å². The topological polar surface area (TPSA) is 76.0 Å². The summed E-state index contributed by atoms with van der Waals surface area (Å²) in [6.07, 6.45) is -1.67. The summed E-state index contributed by atoms with van der Waals surface area (Å²) in [5, 5.41) is 18.5. The van der Waals surface area contributed by atoms with E-state index in [1.165, 1.54) is 6.07 Å². The van der Waals surface area contributed by atoms with Gasteiger partial charge in [-0.25, -0.2) is 4.79 Å². The lowest BCUT2D eigenvalue weighted by atomic mass is 10.0. The Morgan fingerprint density at radius 2 is 2.12 bits per heavy atom. The summed E-state index contributed by atoms with van der Waals surface area (Å²) in [4.78, 5) is 10.8. The van der Waals surface area contributed by atoms with Gasteiger partial charge in [0.1, 0.15) is 13.2 Å². The van der Waals surface area contributed by atoms with Crippen LogP contribution in [0, 0.1) is 6.92 Å². The summed E-state index contributed by atoms with van der Waals surface area (Å²) < 4.78 is 10.7. The molecule has 1 atom stereocenters. The quantitative estimate of drug-likeness (QED) is 0.841. The first kappa shape index (κ1) is 12.0. The van der Waals surface area contributed by atoms with Gasteiger partial charge in [-0.3, -0.25) is 0 Å². The molecule has 6 heteroatoms. The zero-order valence-corrected chi connectivity index (χ0v) is 9.82. The summed E-state index contributed by atoms with van der Waals surface area (Å²) in [7, 11) is 0. The Balaban J connectivity index is 2.57. The molecule has 1 aromatic carbocycles. The number of hydrogen-bond acceptors (Lipinski definition) is 4. The van der Waals surface area contributed by atoms with Crippen molar-refractivity contribution in [2.45, 2.75) is 13.0 Å². The molecule has 2 rings (SSSR count). The Hall–Kier alpha value is -1.46. The van der Waals surface area contributed by atoms with Crippen molar-refractivity contribution < 1.29 is 24.5 Å². The predicted octanol–water partition coefficient (Wildman–Crippen LogP) is 1.54. The van der Waals surface area contributed by atoms with Gasteiger partial charge in [-0.1, -0.05) is 11.6 Å². The number of rotatable bonds is 2. The molecule has 0 saturated carbocycles. The molecule has 0 bridgehead atoms. The van der Waals surface area contributed by atoms with Crippen LogP contribution in [-0.4, -0.2) is 29.4 Å². The number of ether oxygens (including phenoxy) is 2. The lowest BCUT2D eigenvalue weighted by Gasteiger charge is -2.23. The van der Waals surface area contributed by atoms with Crippen LogP contribution >= 0.6 is 11.6 Å². The average molecular weight is 259 g/mol. The second-order valence-electron chi connectivity index (χ2n) is 3.66. The molecule has 5 nitrogen and oxygen atoms in total. The van der Waals surface area contributed by atoms with Crippen LogP contribution in [0.4, 0.5) is 0 Å². The van der Waals surface area contributed by atoms with E-state index in [1.807, 2.05) is 0 Å². The van der Waals surface area contributed by atoms with Crippen molar-refractivity contribution in [3.63, 3.8) is 0 Å². The van der Waals surface area contributed by atoms with Crippen molar-refractivity contribution in [1.29, 1.82) is 0 Å². The number of carboxylic acid groups (broad SMARTS) is 1. The van der Waals surface area contributed by atoms with Crippen LogP contribution in [0.25, 0.3) is 0 Å². The minimum Gasteiger partial charge on any atom is -0.486 e. The van der Waals surface area contributed by atoms with Gasteiger partial charge >= 0.3 is 5.97 Å². The molecule has 1 aliphatic heterocycles. The zero-order valence-electron chi connectivity index (χ0n) is 9.07. The molecule has 0 fully saturated rings. The fraction of sp³-hybridized carbons (Fsp3) is 0.364. The maximum Gasteiger partial charge on any atom is 0.337 e.